The molecule has 0 unspecified atom stereocenters. The molecular formula is C17H24O3. The lowest BCUT2D eigenvalue weighted by molar-refractivity contribution is -0.135. The van der Waals surface area contributed by atoms with Crippen molar-refractivity contribution < 1.29 is 14.6 Å². The number of ether oxygens (including phenoxy) is 1. The Labute approximate surface area is 121 Å². The summed E-state index contributed by atoms with van der Waals surface area (Å²) >= 11 is 0. The number of rotatable bonds is 7. The third-order valence-electron chi connectivity index (χ3n) is 3.21. The molecule has 0 aromatic heterocycles. The van der Waals surface area contributed by atoms with E-state index in [0.29, 0.717) is 6.61 Å². The van der Waals surface area contributed by atoms with Crippen molar-refractivity contribution in [2.75, 3.05) is 6.61 Å². The van der Waals surface area contributed by atoms with Crippen molar-refractivity contribution in [1.82, 2.24) is 0 Å². The Kier molecular flexibility index (Phi) is 6.29. The fourth-order valence-electron chi connectivity index (χ4n) is 2.27. The van der Waals surface area contributed by atoms with E-state index in [1.165, 1.54) is 0 Å². The van der Waals surface area contributed by atoms with Crippen LogP contribution in [0.1, 0.15) is 49.8 Å². The van der Waals surface area contributed by atoms with Crippen LogP contribution in [0.25, 0.3) is 5.57 Å². The number of allylic oxidation sites excluding steroid dienone is 1. The van der Waals surface area contributed by atoms with Crippen LogP contribution in [0.4, 0.5) is 0 Å². The molecule has 1 N–H and O–H groups in total. The van der Waals surface area contributed by atoms with E-state index in [1.54, 1.807) is 0 Å². The maximum Gasteiger partial charge on any atom is 0.307 e. The summed E-state index contributed by atoms with van der Waals surface area (Å²) in [6.45, 7) is 8.79. The van der Waals surface area contributed by atoms with Gasteiger partial charge in [-0.25, -0.2) is 0 Å². The third-order valence-corrected chi connectivity index (χ3v) is 3.21. The summed E-state index contributed by atoms with van der Waals surface area (Å²) in [5.74, 6) is 0.113. The van der Waals surface area contributed by atoms with Gasteiger partial charge in [0.15, 0.2) is 0 Å². The first-order chi connectivity index (χ1) is 9.49. The van der Waals surface area contributed by atoms with Gasteiger partial charge in [0.2, 0.25) is 0 Å². The molecule has 0 amide bonds. The maximum atomic E-state index is 10.8. The van der Waals surface area contributed by atoms with Gasteiger partial charge in [0.25, 0.3) is 0 Å². The highest BCUT2D eigenvalue weighted by Crippen LogP contribution is 2.30. The van der Waals surface area contributed by atoms with Crippen LogP contribution >= 0.6 is 0 Å². The van der Waals surface area contributed by atoms with E-state index in [0.717, 1.165) is 40.9 Å². The number of hydrogen-bond acceptors (Lipinski definition) is 2. The smallest absolute Gasteiger partial charge is 0.307 e. The maximum absolute atomic E-state index is 10.8. The second-order valence-corrected chi connectivity index (χ2v) is 4.94. The van der Waals surface area contributed by atoms with E-state index >= 15 is 0 Å². The Morgan fingerprint density at radius 2 is 1.95 bits per heavy atom. The summed E-state index contributed by atoms with van der Waals surface area (Å²) in [6.07, 6.45) is 3.79. The van der Waals surface area contributed by atoms with Gasteiger partial charge >= 0.3 is 5.97 Å². The number of carbonyl (C=O) groups is 1. The van der Waals surface area contributed by atoms with Gasteiger partial charge in [-0.3, -0.25) is 4.79 Å². The fourth-order valence-corrected chi connectivity index (χ4v) is 2.27. The molecule has 110 valence electrons. The number of hydrogen-bond donors (Lipinski definition) is 1. The molecule has 0 aliphatic heterocycles. The van der Waals surface area contributed by atoms with Crippen LogP contribution in [0.5, 0.6) is 5.75 Å². The van der Waals surface area contributed by atoms with Crippen molar-refractivity contribution in [3.8, 4) is 5.75 Å². The average molecular weight is 276 g/mol. The van der Waals surface area contributed by atoms with E-state index in [9.17, 15) is 4.79 Å². The Morgan fingerprint density at radius 1 is 1.25 bits per heavy atom. The quantitative estimate of drug-likeness (QED) is 0.804. The van der Waals surface area contributed by atoms with E-state index in [2.05, 4.69) is 13.0 Å². The van der Waals surface area contributed by atoms with Crippen molar-refractivity contribution in [1.29, 1.82) is 0 Å². The monoisotopic (exact) mass is 276 g/mol. The van der Waals surface area contributed by atoms with Gasteiger partial charge < -0.3 is 9.84 Å². The first-order valence-electron chi connectivity index (χ1n) is 7.14. The molecule has 0 saturated carbocycles. The third kappa shape index (κ3) is 4.41. The molecule has 1 aromatic carbocycles. The standard InChI is InChI=1S/C17H24O3/c1-5-7-14(8-9-17(18)19)15-10-13(4)16(20-6-2)11-12(15)3/h8,10-11H,5-7,9H2,1-4H3,(H,18,19)/b14-8+. The zero-order valence-corrected chi connectivity index (χ0v) is 12.8. The Morgan fingerprint density at radius 3 is 2.50 bits per heavy atom. The summed E-state index contributed by atoms with van der Waals surface area (Å²) in [5.41, 5.74) is 4.46. The summed E-state index contributed by atoms with van der Waals surface area (Å²) in [6, 6.07) is 4.14. The van der Waals surface area contributed by atoms with Gasteiger partial charge in [-0.1, -0.05) is 19.4 Å². The van der Waals surface area contributed by atoms with Crippen LogP contribution in [0.2, 0.25) is 0 Å². The molecule has 1 aromatic rings. The summed E-state index contributed by atoms with van der Waals surface area (Å²) in [5, 5.41) is 8.85. The van der Waals surface area contributed by atoms with Crippen LogP contribution in [-0.4, -0.2) is 17.7 Å². The van der Waals surface area contributed by atoms with E-state index in [1.807, 2.05) is 32.9 Å². The lowest BCUT2D eigenvalue weighted by Crippen LogP contribution is -1.99. The van der Waals surface area contributed by atoms with Crippen molar-refractivity contribution in [3.63, 3.8) is 0 Å². The molecule has 0 bridgehead atoms. The minimum atomic E-state index is -0.793. The van der Waals surface area contributed by atoms with Crippen LogP contribution in [0.15, 0.2) is 18.2 Å². The Bertz CT molecular complexity index is 501. The molecule has 20 heavy (non-hydrogen) atoms. The minimum absolute atomic E-state index is 0.0705. The predicted molar refractivity (Wildman–Crippen MR) is 82.2 cm³/mol. The van der Waals surface area contributed by atoms with E-state index < -0.39 is 5.97 Å². The lowest BCUT2D eigenvalue weighted by Gasteiger charge is -2.15. The van der Waals surface area contributed by atoms with Gasteiger partial charge in [-0.15, -0.1) is 0 Å². The molecule has 3 heteroatoms. The lowest BCUT2D eigenvalue weighted by atomic mass is 9.94. The van der Waals surface area contributed by atoms with Crippen LogP contribution < -0.4 is 4.74 Å². The minimum Gasteiger partial charge on any atom is -0.494 e. The second-order valence-electron chi connectivity index (χ2n) is 4.94. The van der Waals surface area contributed by atoms with Gasteiger partial charge in [0.1, 0.15) is 5.75 Å². The van der Waals surface area contributed by atoms with Gasteiger partial charge in [0, 0.05) is 0 Å². The van der Waals surface area contributed by atoms with Gasteiger partial charge in [0.05, 0.1) is 13.0 Å². The van der Waals surface area contributed by atoms with Crippen LogP contribution in [-0.2, 0) is 4.79 Å². The molecule has 0 saturated heterocycles. The SMILES string of the molecule is CCC/C(=C\CC(=O)O)c1cc(C)c(OCC)cc1C. The topological polar surface area (TPSA) is 46.5 Å². The van der Waals surface area contributed by atoms with Crippen molar-refractivity contribution in [3.05, 3.63) is 34.9 Å². The molecule has 0 spiro atoms. The summed E-state index contributed by atoms with van der Waals surface area (Å²) in [7, 11) is 0. The highest BCUT2D eigenvalue weighted by molar-refractivity contribution is 5.75. The number of carboxylic acids is 1. The van der Waals surface area contributed by atoms with Gasteiger partial charge in [-0.05, 0) is 61.6 Å². The highest BCUT2D eigenvalue weighted by atomic mass is 16.5. The first kappa shape index (κ1) is 16.3. The second kappa shape index (κ2) is 7.73. The Balaban J connectivity index is 3.16. The number of aryl methyl sites for hydroxylation is 2. The molecule has 0 radical (unpaired) electrons. The first-order valence-corrected chi connectivity index (χ1v) is 7.14. The van der Waals surface area contributed by atoms with Crippen molar-refractivity contribution in [2.24, 2.45) is 0 Å². The molecule has 0 atom stereocenters. The molecule has 0 aliphatic rings. The normalized spacial score (nSPS) is 11.5. The van der Waals surface area contributed by atoms with Crippen molar-refractivity contribution in [2.45, 2.75) is 47.0 Å². The molecular weight excluding hydrogens is 252 g/mol. The molecule has 3 nitrogen and oxygen atoms in total. The highest BCUT2D eigenvalue weighted by Gasteiger charge is 2.09. The molecule has 0 aliphatic carbocycles. The zero-order valence-electron chi connectivity index (χ0n) is 12.8. The Hall–Kier alpha value is -1.77. The number of aliphatic carboxylic acids is 1. The van der Waals surface area contributed by atoms with Gasteiger partial charge in [-0.2, -0.15) is 0 Å². The largest absolute Gasteiger partial charge is 0.494 e. The molecule has 0 fully saturated rings. The van der Waals surface area contributed by atoms with E-state index in [-0.39, 0.29) is 6.42 Å². The van der Waals surface area contributed by atoms with Crippen LogP contribution in [0.3, 0.4) is 0 Å². The van der Waals surface area contributed by atoms with Crippen molar-refractivity contribution >= 4 is 11.5 Å². The molecule has 1 rings (SSSR count). The number of benzene rings is 1. The fraction of sp³-hybridized carbons (Fsp3) is 0.471. The number of carboxylic acid groups (broad SMARTS) is 1. The average Bonchev–Trinajstić information content (AvgIpc) is 2.39. The van der Waals surface area contributed by atoms with E-state index in [4.69, 9.17) is 9.84 Å². The van der Waals surface area contributed by atoms with Crippen LogP contribution in [0, 0.1) is 13.8 Å². The predicted octanol–water partition coefficient (Wildman–Crippen LogP) is 4.36. The zero-order chi connectivity index (χ0) is 15.1. The molecule has 0 heterocycles. The summed E-state index contributed by atoms with van der Waals surface area (Å²) in [4.78, 5) is 10.8. The summed E-state index contributed by atoms with van der Waals surface area (Å²) < 4.78 is 5.60.